The molecule has 0 aliphatic carbocycles. The maximum atomic E-state index is 13.6. The Balaban J connectivity index is 1.46. The van der Waals surface area contributed by atoms with E-state index in [4.69, 9.17) is 0 Å². The normalized spacial score (nSPS) is 15.2. The topological polar surface area (TPSA) is 91.3 Å². The summed E-state index contributed by atoms with van der Waals surface area (Å²) < 4.78 is 14.3. The van der Waals surface area contributed by atoms with Crippen LogP contribution in [0.4, 0.5) is 10.3 Å². The molecule has 10 heteroatoms. The molecule has 1 aliphatic heterocycles. The van der Waals surface area contributed by atoms with Crippen molar-refractivity contribution in [2.75, 3.05) is 32.0 Å². The van der Waals surface area contributed by atoms with Crippen molar-refractivity contribution in [1.82, 2.24) is 24.8 Å². The molecular weight excluding hydrogens is 455 g/mol. The first-order valence-corrected chi connectivity index (χ1v) is 12.1. The summed E-state index contributed by atoms with van der Waals surface area (Å²) in [5, 5.41) is 5.04. The summed E-state index contributed by atoms with van der Waals surface area (Å²) >= 11 is 1.43. The molecule has 1 fully saturated rings. The third-order valence-corrected chi connectivity index (χ3v) is 6.75. The van der Waals surface area contributed by atoms with Gasteiger partial charge in [-0.1, -0.05) is 20.8 Å². The minimum absolute atomic E-state index is 0.0895. The SMILES string of the molecule is C[C@H](Nc1nc(C(=O)N2CC(CN(C)C(=O)C(C)(C)C)C2)c2sccc2n1)c1cncc(F)c1. The summed E-state index contributed by atoms with van der Waals surface area (Å²) in [6, 6.07) is 2.96. The highest BCUT2D eigenvalue weighted by Crippen LogP contribution is 2.29. The van der Waals surface area contributed by atoms with Gasteiger partial charge in [0, 0.05) is 44.2 Å². The van der Waals surface area contributed by atoms with Gasteiger partial charge in [-0.2, -0.15) is 0 Å². The molecule has 0 aromatic carbocycles. The van der Waals surface area contributed by atoms with E-state index in [0.717, 1.165) is 10.9 Å². The van der Waals surface area contributed by atoms with E-state index in [9.17, 15) is 14.0 Å². The number of likely N-dealkylation sites (tertiary alicyclic amines) is 1. The van der Waals surface area contributed by atoms with Crippen LogP contribution in [0.5, 0.6) is 0 Å². The molecule has 4 rings (SSSR count). The lowest BCUT2D eigenvalue weighted by atomic mass is 9.93. The van der Waals surface area contributed by atoms with Crippen molar-refractivity contribution < 1.29 is 14.0 Å². The molecule has 0 bridgehead atoms. The van der Waals surface area contributed by atoms with Gasteiger partial charge in [-0.15, -0.1) is 11.3 Å². The van der Waals surface area contributed by atoms with Gasteiger partial charge < -0.3 is 15.1 Å². The number of nitrogens with one attached hydrogen (secondary N) is 1. The Morgan fingerprint density at radius 3 is 2.71 bits per heavy atom. The number of thiophene rings is 1. The van der Waals surface area contributed by atoms with Crippen LogP contribution in [0.3, 0.4) is 0 Å². The minimum Gasteiger partial charge on any atom is -0.348 e. The Hall–Kier alpha value is -3.14. The fourth-order valence-electron chi connectivity index (χ4n) is 4.06. The summed E-state index contributed by atoms with van der Waals surface area (Å²) in [5.41, 5.74) is 1.26. The Morgan fingerprint density at radius 2 is 2.03 bits per heavy atom. The molecule has 4 heterocycles. The molecule has 1 N–H and O–H groups in total. The van der Waals surface area contributed by atoms with E-state index in [1.54, 1.807) is 16.0 Å². The van der Waals surface area contributed by atoms with Gasteiger partial charge in [0.25, 0.3) is 5.91 Å². The Kier molecular flexibility index (Phi) is 6.53. The average molecular weight is 485 g/mol. The molecule has 0 spiro atoms. The first-order chi connectivity index (χ1) is 16.0. The predicted octanol–water partition coefficient (Wildman–Crippen LogP) is 3.98. The number of hydrogen-bond donors (Lipinski definition) is 1. The van der Waals surface area contributed by atoms with E-state index in [0.29, 0.717) is 42.4 Å². The molecular formula is C24H29FN6O2S. The fraction of sp³-hybridized carbons (Fsp3) is 0.458. The van der Waals surface area contributed by atoms with Crippen LogP contribution in [0, 0.1) is 17.2 Å². The van der Waals surface area contributed by atoms with Crippen LogP contribution < -0.4 is 5.32 Å². The Morgan fingerprint density at radius 1 is 1.29 bits per heavy atom. The molecule has 180 valence electrons. The monoisotopic (exact) mass is 484 g/mol. The quantitative estimate of drug-likeness (QED) is 0.569. The Bertz CT molecular complexity index is 1220. The second-order valence-electron chi connectivity index (χ2n) is 9.85. The van der Waals surface area contributed by atoms with Crippen molar-refractivity contribution in [2.24, 2.45) is 11.3 Å². The molecule has 3 aromatic heterocycles. The van der Waals surface area contributed by atoms with Crippen LogP contribution in [0.1, 0.15) is 49.8 Å². The fourth-order valence-corrected chi connectivity index (χ4v) is 4.87. The summed E-state index contributed by atoms with van der Waals surface area (Å²) in [6.45, 7) is 9.33. The highest BCUT2D eigenvalue weighted by atomic mass is 32.1. The van der Waals surface area contributed by atoms with E-state index in [1.165, 1.54) is 17.4 Å². The van der Waals surface area contributed by atoms with Crippen LogP contribution in [0.15, 0.2) is 29.9 Å². The second-order valence-corrected chi connectivity index (χ2v) is 10.8. The third kappa shape index (κ3) is 5.01. The van der Waals surface area contributed by atoms with Crippen molar-refractivity contribution in [3.05, 3.63) is 47.0 Å². The highest BCUT2D eigenvalue weighted by molar-refractivity contribution is 7.17. The zero-order valence-corrected chi connectivity index (χ0v) is 20.8. The van der Waals surface area contributed by atoms with Crippen molar-refractivity contribution >= 4 is 39.3 Å². The van der Waals surface area contributed by atoms with Crippen LogP contribution in [-0.4, -0.2) is 63.2 Å². The molecule has 3 aromatic rings. The molecule has 0 radical (unpaired) electrons. The van der Waals surface area contributed by atoms with E-state index in [-0.39, 0.29) is 23.8 Å². The molecule has 1 saturated heterocycles. The maximum absolute atomic E-state index is 13.6. The van der Waals surface area contributed by atoms with E-state index in [1.807, 2.05) is 46.2 Å². The number of hydrogen-bond acceptors (Lipinski definition) is 7. The lowest BCUT2D eigenvalue weighted by molar-refractivity contribution is -0.139. The van der Waals surface area contributed by atoms with Crippen molar-refractivity contribution in [2.45, 2.75) is 33.7 Å². The molecule has 0 unspecified atom stereocenters. The number of rotatable bonds is 6. The molecule has 8 nitrogen and oxygen atoms in total. The smallest absolute Gasteiger partial charge is 0.274 e. The third-order valence-electron chi connectivity index (χ3n) is 5.84. The van der Waals surface area contributed by atoms with Gasteiger partial charge in [0.1, 0.15) is 5.82 Å². The molecule has 0 saturated carbocycles. The lowest BCUT2D eigenvalue weighted by Crippen LogP contribution is -2.54. The van der Waals surface area contributed by atoms with Gasteiger partial charge in [0.2, 0.25) is 11.9 Å². The molecule has 1 atom stereocenters. The molecule has 34 heavy (non-hydrogen) atoms. The number of fused-ring (bicyclic) bond motifs is 1. The minimum atomic E-state index is -0.429. The van der Waals surface area contributed by atoms with Gasteiger partial charge in [0.05, 0.1) is 22.5 Å². The largest absolute Gasteiger partial charge is 0.348 e. The summed E-state index contributed by atoms with van der Waals surface area (Å²) in [4.78, 5) is 42.2. The maximum Gasteiger partial charge on any atom is 0.274 e. The van der Waals surface area contributed by atoms with Crippen LogP contribution >= 0.6 is 11.3 Å². The number of nitrogens with zero attached hydrogens (tertiary/aromatic N) is 5. The number of anilines is 1. The van der Waals surface area contributed by atoms with Gasteiger partial charge in [-0.25, -0.2) is 14.4 Å². The van der Waals surface area contributed by atoms with Gasteiger partial charge in [-0.05, 0) is 30.0 Å². The van der Waals surface area contributed by atoms with Crippen molar-refractivity contribution in [3.63, 3.8) is 0 Å². The second kappa shape index (κ2) is 9.25. The summed E-state index contributed by atoms with van der Waals surface area (Å²) in [6.07, 6.45) is 2.73. The van der Waals surface area contributed by atoms with Crippen molar-refractivity contribution in [3.8, 4) is 0 Å². The first-order valence-electron chi connectivity index (χ1n) is 11.2. The number of carbonyl (C=O) groups is 2. The zero-order valence-electron chi connectivity index (χ0n) is 20.0. The van der Waals surface area contributed by atoms with E-state index in [2.05, 4.69) is 20.3 Å². The number of halogens is 1. The number of carbonyl (C=O) groups excluding carboxylic acids is 2. The molecule has 1 aliphatic rings. The predicted molar refractivity (Wildman–Crippen MR) is 130 cm³/mol. The van der Waals surface area contributed by atoms with Crippen LogP contribution in [-0.2, 0) is 4.79 Å². The van der Waals surface area contributed by atoms with Crippen LogP contribution in [0.2, 0.25) is 0 Å². The Labute approximate surface area is 202 Å². The number of aromatic nitrogens is 3. The van der Waals surface area contributed by atoms with Crippen molar-refractivity contribution in [1.29, 1.82) is 0 Å². The lowest BCUT2D eigenvalue weighted by Gasteiger charge is -2.41. The molecule has 2 amide bonds. The number of amides is 2. The van der Waals surface area contributed by atoms with E-state index < -0.39 is 11.2 Å². The first kappa shape index (κ1) is 24.0. The van der Waals surface area contributed by atoms with Gasteiger partial charge in [0.15, 0.2) is 5.69 Å². The van der Waals surface area contributed by atoms with E-state index >= 15 is 0 Å². The summed E-state index contributed by atoms with van der Waals surface area (Å²) in [7, 11) is 1.81. The van der Waals surface area contributed by atoms with Crippen LogP contribution in [0.25, 0.3) is 10.2 Å². The summed E-state index contributed by atoms with van der Waals surface area (Å²) in [5.74, 6) is 0.0572. The standard InChI is InChI=1S/C24H29FN6O2S/c1-14(16-8-17(25)10-26-9-16)27-23-28-18-6-7-34-20(18)19(29-23)21(32)31-12-15(13-31)11-30(5)22(33)24(2,3)4/h6-10,14-15H,11-13H2,1-5H3,(H,27,28,29)/t14-/m0/s1. The zero-order chi connectivity index (χ0) is 24.6. The van der Waals surface area contributed by atoms with Gasteiger partial charge >= 0.3 is 0 Å². The average Bonchev–Trinajstić information content (AvgIpc) is 3.22. The highest BCUT2D eigenvalue weighted by Gasteiger charge is 2.36. The van der Waals surface area contributed by atoms with Gasteiger partial charge in [-0.3, -0.25) is 14.6 Å². The number of pyridine rings is 1.